The van der Waals surface area contributed by atoms with Gasteiger partial charge in [-0.15, -0.1) is 13.2 Å². The van der Waals surface area contributed by atoms with Gasteiger partial charge in [0, 0.05) is 16.7 Å². The third kappa shape index (κ3) is 7.75. The normalized spacial score (nSPS) is 10.6. The van der Waals surface area contributed by atoms with Crippen molar-refractivity contribution < 1.29 is 17.9 Å². The van der Waals surface area contributed by atoms with Gasteiger partial charge in [-0.05, 0) is 68.7 Å². The molecule has 0 radical (unpaired) electrons. The average Bonchev–Trinajstić information content (AvgIpc) is 2.78. The van der Waals surface area contributed by atoms with E-state index in [-0.39, 0.29) is 11.3 Å². The first kappa shape index (κ1) is 25.0. The third-order valence-corrected chi connectivity index (χ3v) is 5.25. The Morgan fingerprint density at radius 3 is 1.76 bits per heavy atom. The van der Waals surface area contributed by atoms with E-state index < -0.39 is 6.36 Å². The second-order valence-corrected chi connectivity index (χ2v) is 8.25. The van der Waals surface area contributed by atoms with E-state index in [1.54, 1.807) is 0 Å². The van der Waals surface area contributed by atoms with Gasteiger partial charge in [0.15, 0.2) is 0 Å². The lowest BCUT2D eigenvalue weighted by Gasteiger charge is -2.15. The Morgan fingerprint density at radius 2 is 1.24 bits per heavy atom. The zero-order valence-electron chi connectivity index (χ0n) is 19.6. The summed E-state index contributed by atoms with van der Waals surface area (Å²) in [5.41, 5.74) is 5.15. The Kier molecular flexibility index (Phi) is 8.44. The molecule has 0 bridgehead atoms. The van der Waals surface area contributed by atoms with E-state index in [9.17, 15) is 13.2 Å². The quantitative estimate of drug-likeness (QED) is 0.280. The molecule has 3 aromatic rings. The zero-order chi connectivity index (χ0) is 24.6. The van der Waals surface area contributed by atoms with Gasteiger partial charge in [0.2, 0.25) is 0 Å². The van der Waals surface area contributed by atoms with Crippen molar-refractivity contribution in [2.45, 2.75) is 52.8 Å². The number of halogens is 3. The molecule has 0 N–H and O–H groups in total. The number of ether oxygens (including phenoxy) is 1. The number of rotatable bonds is 5. The van der Waals surface area contributed by atoms with E-state index >= 15 is 0 Å². The molecule has 34 heavy (non-hydrogen) atoms. The topological polar surface area (TPSA) is 9.23 Å². The lowest BCUT2D eigenvalue weighted by Crippen LogP contribution is -2.18. The molecule has 0 heterocycles. The van der Waals surface area contributed by atoms with E-state index in [0.717, 1.165) is 41.5 Å². The molecular weight excluding hydrogens is 433 g/mol. The Morgan fingerprint density at radius 1 is 0.706 bits per heavy atom. The predicted molar refractivity (Wildman–Crippen MR) is 131 cm³/mol. The molecule has 0 aliphatic carbocycles. The van der Waals surface area contributed by atoms with E-state index in [1.165, 1.54) is 6.07 Å². The SMILES string of the molecule is CCCCCc1cc(C#Cc2ccc(C)cc2)cc(OC(F)(F)F)c1C#Cc1ccc(C)cc1. The Hall–Kier alpha value is -3.63. The van der Waals surface area contributed by atoms with Gasteiger partial charge in [0.1, 0.15) is 5.75 Å². The minimum atomic E-state index is -4.83. The van der Waals surface area contributed by atoms with Crippen LogP contribution in [-0.2, 0) is 6.42 Å². The van der Waals surface area contributed by atoms with Crippen LogP contribution in [0.3, 0.4) is 0 Å². The molecule has 0 aliphatic heterocycles. The summed E-state index contributed by atoms with van der Waals surface area (Å²) >= 11 is 0. The molecule has 0 saturated carbocycles. The van der Waals surface area contributed by atoms with Crippen molar-refractivity contribution in [3.8, 4) is 29.4 Å². The van der Waals surface area contributed by atoms with Gasteiger partial charge >= 0.3 is 6.36 Å². The van der Waals surface area contributed by atoms with Crippen LogP contribution in [0.4, 0.5) is 13.2 Å². The summed E-state index contributed by atoms with van der Waals surface area (Å²) in [6.45, 7) is 6.03. The summed E-state index contributed by atoms with van der Waals surface area (Å²) in [6.07, 6.45) is -1.41. The molecule has 3 rings (SSSR count). The highest BCUT2D eigenvalue weighted by Crippen LogP contribution is 2.31. The minimum Gasteiger partial charge on any atom is -0.404 e. The highest BCUT2D eigenvalue weighted by molar-refractivity contribution is 5.59. The molecule has 3 aromatic carbocycles. The molecule has 0 unspecified atom stereocenters. The van der Waals surface area contributed by atoms with Crippen LogP contribution < -0.4 is 4.74 Å². The second-order valence-electron chi connectivity index (χ2n) is 8.25. The molecule has 0 amide bonds. The van der Waals surface area contributed by atoms with Gasteiger partial charge in [0.25, 0.3) is 0 Å². The summed E-state index contributed by atoms with van der Waals surface area (Å²) in [7, 11) is 0. The van der Waals surface area contributed by atoms with Crippen molar-refractivity contribution in [1.82, 2.24) is 0 Å². The van der Waals surface area contributed by atoms with Crippen molar-refractivity contribution in [3.05, 3.63) is 99.6 Å². The van der Waals surface area contributed by atoms with Crippen LogP contribution in [0.1, 0.15) is 65.1 Å². The van der Waals surface area contributed by atoms with Gasteiger partial charge < -0.3 is 4.74 Å². The van der Waals surface area contributed by atoms with Crippen molar-refractivity contribution in [2.24, 2.45) is 0 Å². The van der Waals surface area contributed by atoms with E-state index in [4.69, 9.17) is 0 Å². The Labute approximate surface area is 200 Å². The van der Waals surface area contributed by atoms with Crippen molar-refractivity contribution in [1.29, 1.82) is 0 Å². The van der Waals surface area contributed by atoms with E-state index in [2.05, 4.69) is 35.3 Å². The summed E-state index contributed by atoms with van der Waals surface area (Å²) < 4.78 is 44.3. The zero-order valence-corrected chi connectivity index (χ0v) is 19.6. The lowest BCUT2D eigenvalue weighted by molar-refractivity contribution is -0.274. The maximum absolute atomic E-state index is 13.3. The Balaban J connectivity index is 2.08. The number of benzene rings is 3. The smallest absolute Gasteiger partial charge is 0.404 e. The first-order chi connectivity index (χ1) is 16.2. The van der Waals surface area contributed by atoms with Crippen LogP contribution >= 0.6 is 0 Å². The number of hydrogen-bond donors (Lipinski definition) is 0. The number of hydrogen-bond acceptors (Lipinski definition) is 1. The van der Waals surface area contributed by atoms with Gasteiger partial charge in [0.05, 0.1) is 5.56 Å². The molecule has 0 aliphatic rings. The van der Waals surface area contributed by atoms with Gasteiger partial charge in [-0.2, -0.15) is 0 Å². The molecule has 0 atom stereocenters. The van der Waals surface area contributed by atoms with Crippen molar-refractivity contribution >= 4 is 0 Å². The van der Waals surface area contributed by atoms with E-state index in [1.807, 2.05) is 68.4 Å². The third-order valence-electron chi connectivity index (χ3n) is 5.25. The van der Waals surface area contributed by atoms with Crippen LogP contribution in [0.2, 0.25) is 0 Å². The Bertz CT molecular complexity index is 1230. The van der Waals surface area contributed by atoms with Crippen LogP contribution in [0.25, 0.3) is 0 Å². The molecule has 0 aromatic heterocycles. The maximum Gasteiger partial charge on any atom is 0.573 e. The molecule has 0 spiro atoms. The lowest BCUT2D eigenvalue weighted by atomic mass is 9.97. The molecular formula is C30H27F3O. The molecule has 174 valence electrons. The van der Waals surface area contributed by atoms with Crippen LogP contribution in [0, 0.1) is 37.5 Å². The average molecular weight is 461 g/mol. The summed E-state index contributed by atoms with van der Waals surface area (Å²) in [5, 5.41) is 0. The standard InChI is InChI=1S/C30H27F3O/c1-4-5-6-7-27-20-26(17-16-24-12-8-22(2)9-13-24)21-29(34-30(31,32)33)28(27)19-18-25-14-10-23(3)11-15-25/h8-15,20-21H,4-7H2,1-3H3. The van der Waals surface area contributed by atoms with Gasteiger partial charge in [-0.1, -0.05) is 78.8 Å². The summed E-state index contributed by atoms with van der Waals surface area (Å²) in [5.74, 6) is 11.7. The van der Waals surface area contributed by atoms with Gasteiger partial charge in [-0.25, -0.2) is 0 Å². The number of alkyl halides is 3. The molecule has 0 saturated heterocycles. The highest BCUT2D eigenvalue weighted by Gasteiger charge is 2.32. The summed E-state index contributed by atoms with van der Waals surface area (Å²) in [4.78, 5) is 0. The fraction of sp³-hybridized carbons (Fsp3) is 0.267. The van der Waals surface area contributed by atoms with Crippen LogP contribution in [0.15, 0.2) is 60.7 Å². The summed E-state index contributed by atoms with van der Waals surface area (Å²) in [6, 6.07) is 18.4. The molecule has 1 nitrogen and oxygen atoms in total. The fourth-order valence-corrected chi connectivity index (χ4v) is 3.41. The molecule has 0 fully saturated rings. The van der Waals surface area contributed by atoms with Crippen molar-refractivity contribution in [2.75, 3.05) is 0 Å². The largest absolute Gasteiger partial charge is 0.573 e. The fourth-order valence-electron chi connectivity index (χ4n) is 3.41. The van der Waals surface area contributed by atoms with Crippen molar-refractivity contribution in [3.63, 3.8) is 0 Å². The second kappa shape index (κ2) is 11.5. The van der Waals surface area contributed by atoms with E-state index in [0.29, 0.717) is 17.5 Å². The van der Waals surface area contributed by atoms with Gasteiger partial charge in [-0.3, -0.25) is 0 Å². The maximum atomic E-state index is 13.3. The van der Waals surface area contributed by atoms with Crippen LogP contribution in [-0.4, -0.2) is 6.36 Å². The van der Waals surface area contributed by atoms with Crippen LogP contribution in [0.5, 0.6) is 5.75 Å². The predicted octanol–water partition coefficient (Wildman–Crippen LogP) is 7.73. The highest BCUT2D eigenvalue weighted by atomic mass is 19.4. The molecule has 4 heteroatoms. The number of unbranched alkanes of at least 4 members (excludes halogenated alkanes) is 2. The first-order valence-electron chi connectivity index (χ1n) is 11.3. The monoisotopic (exact) mass is 460 g/mol. The minimum absolute atomic E-state index is 0.259. The first-order valence-corrected chi connectivity index (χ1v) is 11.3. The number of aryl methyl sites for hydroxylation is 3.